The third-order valence-electron chi connectivity index (χ3n) is 5.09. The molecule has 1 saturated carbocycles. The highest BCUT2D eigenvalue weighted by atomic mass is 32.2. The Labute approximate surface area is 153 Å². The van der Waals surface area contributed by atoms with Crippen LogP contribution in [0.3, 0.4) is 0 Å². The maximum atomic E-state index is 13.0. The van der Waals surface area contributed by atoms with Gasteiger partial charge in [-0.25, -0.2) is 8.42 Å². The van der Waals surface area contributed by atoms with Crippen molar-refractivity contribution in [2.24, 2.45) is 17.8 Å². The number of carboxylic acid groups (broad SMARTS) is 1. The summed E-state index contributed by atoms with van der Waals surface area (Å²) in [5.41, 5.74) is 0.500. The van der Waals surface area contributed by atoms with Gasteiger partial charge in [0.05, 0.1) is 22.9 Å². The topological polar surface area (TPSA) is 104 Å². The van der Waals surface area contributed by atoms with E-state index in [0.29, 0.717) is 18.9 Å². The molecule has 2 atom stereocenters. The van der Waals surface area contributed by atoms with Crippen molar-refractivity contribution >= 4 is 27.6 Å². The van der Waals surface area contributed by atoms with Crippen molar-refractivity contribution in [3.8, 4) is 0 Å². The fourth-order valence-electron chi connectivity index (χ4n) is 3.67. The molecule has 2 N–H and O–H groups in total. The van der Waals surface area contributed by atoms with Gasteiger partial charge in [-0.05, 0) is 43.2 Å². The Morgan fingerprint density at radius 1 is 1.23 bits per heavy atom. The van der Waals surface area contributed by atoms with Gasteiger partial charge in [-0.3, -0.25) is 14.3 Å². The first-order valence-electron chi connectivity index (χ1n) is 8.94. The van der Waals surface area contributed by atoms with E-state index in [1.165, 1.54) is 0 Å². The van der Waals surface area contributed by atoms with Crippen molar-refractivity contribution in [1.29, 1.82) is 0 Å². The van der Waals surface area contributed by atoms with Crippen LogP contribution in [0.15, 0.2) is 24.3 Å². The number of amides is 1. The molecular formula is C18H24N2O5S. The largest absolute Gasteiger partial charge is 0.481 e. The van der Waals surface area contributed by atoms with E-state index < -0.39 is 21.9 Å². The summed E-state index contributed by atoms with van der Waals surface area (Å²) in [5, 5.41) is 9.47. The number of hydrogen-bond acceptors (Lipinski definition) is 4. The van der Waals surface area contributed by atoms with Crippen molar-refractivity contribution in [2.45, 2.75) is 26.2 Å². The van der Waals surface area contributed by atoms with Gasteiger partial charge >= 0.3 is 5.97 Å². The number of anilines is 1. The molecule has 0 spiro atoms. The molecule has 142 valence electrons. The number of nitrogens with zero attached hydrogens (tertiary/aromatic N) is 1. The molecule has 8 heteroatoms. The quantitative estimate of drug-likeness (QED) is 0.753. The van der Waals surface area contributed by atoms with Crippen LogP contribution in [0.25, 0.3) is 0 Å². The highest BCUT2D eigenvalue weighted by Crippen LogP contribution is 2.44. The monoisotopic (exact) mass is 380 g/mol. The van der Waals surface area contributed by atoms with E-state index in [2.05, 4.69) is 4.72 Å². The third-order valence-corrected chi connectivity index (χ3v) is 6.57. The van der Waals surface area contributed by atoms with Gasteiger partial charge in [-0.1, -0.05) is 19.1 Å². The van der Waals surface area contributed by atoms with Crippen molar-refractivity contribution in [2.75, 3.05) is 23.6 Å². The van der Waals surface area contributed by atoms with Gasteiger partial charge in [0, 0.05) is 13.1 Å². The zero-order valence-electron chi connectivity index (χ0n) is 14.7. The molecule has 1 saturated heterocycles. The number of para-hydroxylation sites is 1. The molecule has 1 amide bonds. The number of nitrogens with one attached hydrogen (secondary N) is 1. The fourth-order valence-corrected chi connectivity index (χ4v) is 4.83. The molecular weight excluding hydrogens is 356 g/mol. The molecule has 0 unspecified atom stereocenters. The van der Waals surface area contributed by atoms with E-state index in [9.17, 15) is 23.1 Å². The maximum Gasteiger partial charge on any atom is 0.308 e. The number of carboxylic acids is 1. The Kier molecular flexibility index (Phi) is 5.22. The maximum absolute atomic E-state index is 13.0. The average molecular weight is 380 g/mol. The lowest BCUT2D eigenvalue weighted by molar-refractivity contribution is -0.142. The molecule has 2 aliphatic rings. The Hall–Kier alpha value is -2.09. The third kappa shape index (κ3) is 4.00. The van der Waals surface area contributed by atoms with Crippen molar-refractivity contribution in [1.82, 2.24) is 4.90 Å². The standard InChI is InChI=1S/C18H24N2O5S/c1-2-9-26(24,25)19-16-6-4-3-5-13(16)17(21)20-10-14(12-7-8-12)15(11-20)18(22)23/h3-6,12,14-15,19H,2,7-11H2,1H3,(H,22,23)/t14-,15+/m1/s1. The predicted octanol–water partition coefficient (Wildman–Crippen LogP) is 2.02. The molecule has 26 heavy (non-hydrogen) atoms. The van der Waals surface area contributed by atoms with Crippen LogP contribution in [0, 0.1) is 17.8 Å². The molecule has 1 aliphatic heterocycles. The summed E-state index contributed by atoms with van der Waals surface area (Å²) in [4.78, 5) is 26.1. The number of sulfonamides is 1. The zero-order valence-corrected chi connectivity index (χ0v) is 15.5. The molecule has 1 aromatic rings. The Morgan fingerprint density at radius 3 is 2.54 bits per heavy atom. The summed E-state index contributed by atoms with van der Waals surface area (Å²) in [7, 11) is -3.52. The first kappa shape index (κ1) is 18.7. The summed E-state index contributed by atoms with van der Waals surface area (Å²) in [6, 6.07) is 6.47. The molecule has 2 fully saturated rings. The van der Waals surface area contributed by atoms with Crippen LogP contribution in [0.1, 0.15) is 36.5 Å². The molecule has 0 radical (unpaired) electrons. The summed E-state index contributed by atoms with van der Waals surface area (Å²) in [6.07, 6.45) is 2.51. The SMILES string of the molecule is CCCS(=O)(=O)Nc1ccccc1C(=O)N1C[C@H](C(=O)O)[C@@H](C2CC2)C1. The van der Waals surface area contributed by atoms with Gasteiger partial charge in [0.15, 0.2) is 0 Å². The highest BCUT2D eigenvalue weighted by molar-refractivity contribution is 7.92. The smallest absolute Gasteiger partial charge is 0.308 e. The van der Waals surface area contributed by atoms with Crippen molar-refractivity contribution in [3.05, 3.63) is 29.8 Å². The molecule has 0 bridgehead atoms. The van der Waals surface area contributed by atoms with E-state index in [1.54, 1.807) is 36.1 Å². The van der Waals surface area contributed by atoms with Crippen LogP contribution < -0.4 is 4.72 Å². The number of likely N-dealkylation sites (tertiary alicyclic amines) is 1. The number of carbonyl (C=O) groups is 2. The summed E-state index contributed by atoms with van der Waals surface area (Å²) in [6.45, 7) is 2.35. The van der Waals surface area contributed by atoms with Crippen LogP contribution in [0.5, 0.6) is 0 Å². The van der Waals surface area contributed by atoms with Crippen LogP contribution in [0.2, 0.25) is 0 Å². The lowest BCUT2D eigenvalue weighted by Crippen LogP contribution is -2.31. The second-order valence-electron chi connectivity index (χ2n) is 7.12. The lowest BCUT2D eigenvalue weighted by Gasteiger charge is -2.19. The predicted molar refractivity (Wildman–Crippen MR) is 97.4 cm³/mol. The molecule has 1 heterocycles. The second kappa shape index (κ2) is 7.26. The van der Waals surface area contributed by atoms with Gasteiger partial charge in [-0.15, -0.1) is 0 Å². The van der Waals surface area contributed by atoms with E-state index in [1.807, 2.05) is 0 Å². The number of benzene rings is 1. The number of hydrogen-bond donors (Lipinski definition) is 2. The molecule has 1 aliphatic carbocycles. The summed E-state index contributed by atoms with van der Waals surface area (Å²) in [5.74, 6) is -1.39. The zero-order chi connectivity index (χ0) is 18.9. The molecule has 1 aromatic carbocycles. The minimum absolute atomic E-state index is 0.0135. The van der Waals surface area contributed by atoms with Gasteiger partial charge in [0.25, 0.3) is 5.91 Å². The van der Waals surface area contributed by atoms with E-state index >= 15 is 0 Å². The van der Waals surface area contributed by atoms with Crippen LogP contribution in [-0.2, 0) is 14.8 Å². The van der Waals surface area contributed by atoms with Gasteiger partial charge in [0.2, 0.25) is 10.0 Å². The molecule has 0 aromatic heterocycles. The van der Waals surface area contributed by atoms with E-state index in [4.69, 9.17) is 0 Å². The van der Waals surface area contributed by atoms with E-state index in [-0.39, 0.29) is 35.4 Å². The number of aliphatic carboxylic acids is 1. The minimum atomic E-state index is -3.52. The average Bonchev–Trinajstić information content (AvgIpc) is 3.32. The molecule has 7 nitrogen and oxygen atoms in total. The van der Waals surface area contributed by atoms with Crippen molar-refractivity contribution < 1.29 is 23.1 Å². The first-order valence-corrected chi connectivity index (χ1v) is 10.6. The highest BCUT2D eigenvalue weighted by Gasteiger charge is 2.47. The number of carbonyl (C=O) groups excluding carboxylic acids is 1. The number of rotatable bonds is 7. The second-order valence-corrected chi connectivity index (χ2v) is 8.96. The van der Waals surface area contributed by atoms with Gasteiger partial charge in [0.1, 0.15) is 0 Å². The Balaban J connectivity index is 1.81. The van der Waals surface area contributed by atoms with Gasteiger partial charge in [-0.2, -0.15) is 0 Å². The summed E-state index contributed by atoms with van der Waals surface area (Å²) >= 11 is 0. The van der Waals surface area contributed by atoms with Crippen LogP contribution in [0.4, 0.5) is 5.69 Å². The minimum Gasteiger partial charge on any atom is -0.481 e. The Morgan fingerprint density at radius 2 is 1.92 bits per heavy atom. The van der Waals surface area contributed by atoms with Gasteiger partial charge < -0.3 is 10.0 Å². The Bertz CT molecular complexity index is 804. The van der Waals surface area contributed by atoms with Crippen molar-refractivity contribution in [3.63, 3.8) is 0 Å². The van der Waals surface area contributed by atoms with Crippen LogP contribution in [-0.4, -0.2) is 49.1 Å². The van der Waals surface area contributed by atoms with E-state index in [0.717, 1.165) is 12.8 Å². The lowest BCUT2D eigenvalue weighted by atomic mass is 9.92. The fraction of sp³-hybridized carbons (Fsp3) is 0.556. The summed E-state index contributed by atoms with van der Waals surface area (Å²) < 4.78 is 26.6. The van der Waals surface area contributed by atoms with Crippen LogP contribution >= 0.6 is 0 Å². The molecule has 3 rings (SSSR count). The first-order chi connectivity index (χ1) is 12.3. The normalized spacial score (nSPS) is 23.0.